The lowest BCUT2D eigenvalue weighted by atomic mass is 9.97. The summed E-state index contributed by atoms with van der Waals surface area (Å²) < 4.78 is 61.0. The van der Waals surface area contributed by atoms with E-state index < -0.39 is 138 Å². The second-order valence-corrected chi connectivity index (χ2v) is 8.34. The van der Waals surface area contributed by atoms with E-state index in [-0.39, 0.29) is 13.3 Å². The molecule has 0 spiro atoms. The van der Waals surface area contributed by atoms with Crippen molar-refractivity contribution in [3.05, 3.63) is 0 Å². The Hall–Kier alpha value is -2.44. The van der Waals surface area contributed by atoms with Gasteiger partial charge in [0.1, 0.15) is 37.1 Å². The molecule has 1 aliphatic heterocycles. The summed E-state index contributed by atoms with van der Waals surface area (Å²) in [6.45, 7) is -3.46. The first-order valence-electron chi connectivity index (χ1n) is 14.9. The van der Waals surface area contributed by atoms with Crippen LogP contribution in [-0.4, -0.2) is 129 Å². The van der Waals surface area contributed by atoms with Crippen molar-refractivity contribution < 1.29 is 83.7 Å². The quantitative estimate of drug-likeness (QED) is 0.0615. The minimum absolute atomic E-state index is 0.345. The molecule has 0 aromatic rings. The van der Waals surface area contributed by atoms with E-state index in [1.807, 2.05) is 0 Å². The van der Waals surface area contributed by atoms with Crippen LogP contribution in [0.15, 0.2) is 0 Å². The predicted octanol–water partition coefficient (Wildman–Crippen LogP) is -2.60. The third-order valence-corrected chi connectivity index (χ3v) is 5.47. The summed E-state index contributed by atoms with van der Waals surface area (Å²) in [5.41, 5.74) is 0. The fourth-order valence-corrected chi connectivity index (χ4v) is 3.33. The predicted molar refractivity (Wildman–Crippen MR) is 129 cm³/mol. The molecule has 40 heavy (non-hydrogen) atoms. The SMILES string of the molecule is [2H]CCC(=O)OC[C@H]1OC(OC(O)[C@@H](O)[C@@H](O)[C@H](O)[C@H](O)CO)[C@@H](OC(=O)CC[2H])[C@@H](OC(=O)CC[2H])[C@@H]1OC(=O)CC[2H]. The number of hydrogen-bond acceptors (Lipinski definition) is 16. The van der Waals surface area contributed by atoms with Gasteiger partial charge in [-0.1, -0.05) is 27.6 Å². The van der Waals surface area contributed by atoms with Crippen molar-refractivity contribution in [3.63, 3.8) is 0 Å². The molecule has 16 heteroatoms. The molecule has 0 amide bonds. The van der Waals surface area contributed by atoms with Gasteiger partial charge in [0, 0.05) is 31.2 Å². The molecule has 0 aromatic carbocycles. The number of carbonyl (C=O) groups is 4. The molecule has 2 unspecified atom stereocenters. The second-order valence-electron chi connectivity index (χ2n) is 8.34. The first kappa shape index (κ1) is 29.1. The van der Waals surface area contributed by atoms with E-state index in [9.17, 15) is 44.7 Å². The van der Waals surface area contributed by atoms with Gasteiger partial charge in [-0.05, 0) is 0 Å². The van der Waals surface area contributed by atoms with Crippen molar-refractivity contribution in [2.75, 3.05) is 13.2 Å². The molecule has 232 valence electrons. The largest absolute Gasteiger partial charge is 0.463 e. The van der Waals surface area contributed by atoms with Crippen molar-refractivity contribution in [1.82, 2.24) is 0 Å². The highest BCUT2D eigenvalue weighted by atomic mass is 16.8. The van der Waals surface area contributed by atoms with Crippen molar-refractivity contribution in [2.24, 2.45) is 0 Å². The van der Waals surface area contributed by atoms with Gasteiger partial charge in [0.15, 0.2) is 24.6 Å². The molecule has 6 N–H and O–H groups in total. The Morgan fingerprint density at radius 3 is 1.75 bits per heavy atom. The average molecular weight is 589 g/mol. The Balaban J connectivity index is 3.56. The van der Waals surface area contributed by atoms with Gasteiger partial charge in [0.2, 0.25) is 6.29 Å². The summed E-state index contributed by atoms with van der Waals surface area (Å²) in [5.74, 6) is -4.05. The normalized spacial score (nSPS) is 27.8. The first-order chi connectivity index (χ1) is 20.8. The van der Waals surface area contributed by atoms with E-state index in [0.717, 1.165) is 0 Å². The molecule has 10 atom stereocenters. The highest BCUT2D eigenvalue weighted by molar-refractivity contribution is 5.71. The summed E-state index contributed by atoms with van der Waals surface area (Å²) >= 11 is 0. The molecule has 0 aromatic heterocycles. The fourth-order valence-electron chi connectivity index (χ4n) is 3.33. The Morgan fingerprint density at radius 1 is 0.725 bits per heavy atom. The lowest BCUT2D eigenvalue weighted by Crippen LogP contribution is -2.64. The van der Waals surface area contributed by atoms with Crippen LogP contribution in [0.3, 0.4) is 0 Å². The minimum Gasteiger partial charge on any atom is -0.463 e. The van der Waals surface area contributed by atoms with Gasteiger partial charge in [-0.25, -0.2) is 0 Å². The maximum absolute atomic E-state index is 12.5. The van der Waals surface area contributed by atoms with E-state index >= 15 is 0 Å². The van der Waals surface area contributed by atoms with Crippen LogP contribution in [0, 0.1) is 0 Å². The maximum atomic E-state index is 12.5. The molecule has 1 rings (SSSR count). The molecule has 1 heterocycles. The second kappa shape index (κ2) is 17.4. The third kappa shape index (κ3) is 10.2. The lowest BCUT2D eigenvalue weighted by molar-refractivity contribution is -0.349. The standard InChI is InChI=1S/C24H40O16/c1-5-13(27)35-10-12-20(37-14(28)6-2)21(38-15(29)7-3)22(39-16(30)8-4)24(36-12)40-23(34)19(33)18(32)17(31)11(26)9-25/h11-12,17-26,31-34H,5-10H2,1-4H3/t11-,12-,17-,18+,19+,20-,21+,22+,23?,24?/m1/s1/i1D,2D,3D,4D. The van der Waals surface area contributed by atoms with Crippen molar-refractivity contribution in [2.45, 2.75) is 115 Å². The number of esters is 4. The number of rotatable bonds is 16. The highest BCUT2D eigenvalue weighted by Crippen LogP contribution is 2.31. The van der Waals surface area contributed by atoms with Crippen molar-refractivity contribution in [3.8, 4) is 0 Å². The highest BCUT2D eigenvalue weighted by Gasteiger charge is 2.54. The van der Waals surface area contributed by atoms with Crippen LogP contribution in [-0.2, 0) is 47.6 Å². The minimum atomic E-state index is -2.51. The molecule has 1 saturated heterocycles. The lowest BCUT2D eigenvalue weighted by Gasteiger charge is -2.45. The zero-order chi connectivity index (χ0) is 33.4. The van der Waals surface area contributed by atoms with Gasteiger partial charge >= 0.3 is 23.9 Å². The zero-order valence-corrected chi connectivity index (χ0v) is 21.6. The number of hydrogen-bond donors (Lipinski definition) is 6. The maximum Gasteiger partial charge on any atom is 0.306 e. The van der Waals surface area contributed by atoms with Crippen LogP contribution in [0.4, 0.5) is 0 Å². The molecule has 1 fully saturated rings. The Bertz CT molecular complexity index is 900. The van der Waals surface area contributed by atoms with Gasteiger partial charge in [0.25, 0.3) is 0 Å². The molecule has 16 nitrogen and oxygen atoms in total. The van der Waals surface area contributed by atoms with E-state index in [2.05, 4.69) is 0 Å². The fraction of sp³-hybridized carbons (Fsp3) is 0.833. The molecule has 0 bridgehead atoms. The molecular formula is C24H40O16. The monoisotopic (exact) mass is 588 g/mol. The molecule has 0 aliphatic carbocycles. The van der Waals surface area contributed by atoms with Gasteiger partial charge in [-0.15, -0.1) is 0 Å². The van der Waals surface area contributed by atoms with E-state index in [4.69, 9.17) is 39.0 Å². The smallest absolute Gasteiger partial charge is 0.306 e. The summed E-state index contributed by atoms with van der Waals surface area (Å²) in [6, 6.07) is 0. The van der Waals surface area contributed by atoms with Gasteiger partial charge in [-0.3, -0.25) is 19.2 Å². The van der Waals surface area contributed by atoms with Crippen LogP contribution in [0.2, 0.25) is 0 Å². The van der Waals surface area contributed by atoms with Crippen LogP contribution in [0.25, 0.3) is 0 Å². The molecule has 0 saturated carbocycles. The number of carbonyl (C=O) groups excluding carboxylic acids is 4. The number of aliphatic hydroxyl groups excluding tert-OH is 6. The molecular weight excluding hydrogens is 544 g/mol. The number of ether oxygens (including phenoxy) is 6. The summed E-state index contributed by atoms with van der Waals surface area (Å²) in [4.78, 5) is 49.4. The van der Waals surface area contributed by atoms with Crippen LogP contribution >= 0.6 is 0 Å². The van der Waals surface area contributed by atoms with Gasteiger partial charge < -0.3 is 59.1 Å². The zero-order valence-electron chi connectivity index (χ0n) is 25.6. The number of aliphatic hydroxyl groups is 6. The summed E-state index contributed by atoms with van der Waals surface area (Å²) in [6.07, 6.45) is -22.4. The van der Waals surface area contributed by atoms with Crippen LogP contribution in [0.1, 0.15) is 58.8 Å². The Labute approximate surface area is 236 Å². The third-order valence-electron chi connectivity index (χ3n) is 5.47. The first-order valence-corrected chi connectivity index (χ1v) is 12.1. The Kier molecular flexibility index (Phi) is 12.6. The van der Waals surface area contributed by atoms with Gasteiger partial charge in [0.05, 0.1) is 6.61 Å². The summed E-state index contributed by atoms with van der Waals surface area (Å²) in [5, 5.41) is 59.5. The Morgan fingerprint density at radius 2 is 1.23 bits per heavy atom. The van der Waals surface area contributed by atoms with E-state index in [1.165, 1.54) is 0 Å². The average Bonchev–Trinajstić information content (AvgIpc) is 2.97. The van der Waals surface area contributed by atoms with E-state index in [1.54, 1.807) is 0 Å². The van der Waals surface area contributed by atoms with Crippen LogP contribution in [0.5, 0.6) is 0 Å². The van der Waals surface area contributed by atoms with Gasteiger partial charge in [-0.2, -0.15) is 0 Å². The van der Waals surface area contributed by atoms with Crippen molar-refractivity contribution in [1.29, 1.82) is 0 Å². The van der Waals surface area contributed by atoms with E-state index in [0.29, 0.717) is 0 Å². The topological polar surface area (TPSA) is 245 Å². The van der Waals surface area contributed by atoms with Crippen LogP contribution < -0.4 is 0 Å². The molecule has 1 aliphatic rings. The molecule has 0 radical (unpaired) electrons. The van der Waals surface area contributed by atoms with Crippen molar-refractivity contribution >= 4 is 23.9 Å². The summed E-state index contributed by atoms with van der Waals surface area (Å²) in [7, 11) is 0.